The molecule has 17 heavy (non-hydrogen) atoms. The molecule has 0 amide bonds. The van der Waals surface area contributed by atoms with Crippen molar-refractivity contribution in [1.82, 2.24) is 4.90 Å². The van der Waals surface area contributed by atoms with Gasteiger partial charge in [-0.1, -0.05) is 34.1 Å². The number of halogens is 1. The third-order valence-electron chi connectivity index (χ3n) is 2.48. The van der Waals surface area contributed by atoms with Crippen LogP contribution in [0.1, 0.15) is 16.8 Å². The normalized spacial score (nSPS) is 10.8. The second-order valence-electron chi connectivity index (χ2n) is 3.99. The van der Waals surface area contributed by atoms with Gasteiger partial charge in [-0.2, -0.15) is 0 Å². The van der Waals surface area contributed by atoms with E-state index < -0.39 is 0 Å². The highest BCUT2D eigenvalue weighted by molar-refractivity contribution is 9.10. The van der Waals surface area contributed by atoms with Crippen LogP contribution in [-0.2, 0) is 4.74 Å². The lowest BCUT2D eigenvalue weighted by Gasteiger charge is -2.15. The third-order valence-corrected chi connectivity index (χ3v) is 3.17. The Kier molecular flexibility index (Phi) is 6.40. The molecule has 0 saturated carbocycles. The van der Waals surface area contributed by atoms with Crippen molar-refractivity contribution in [2.75, 3.05) is 33.9 Å². The van der Waals surface area contributed by atoms with Crippen LogP contribution in [0.3, 0.4) is 0 Å². The number of hydrogen-bond acceptors (Lipinski definition) is 3. The Labute approximate surface area is 111 Å². The number of methoxy groups -OCH3 is 1. The van der Waals surface area contributed by atoms with Gasteiger partial charge in [0.05, 0.1) is 6.54 Å². The highest BCUT2D eigenvalue weighted by Crippen LogP contribution is 2.16. The number of ketones is 1. The van der Waals surface area contributed by atoms with Gasteiger partial charge in [-0.3, -0.25) is 9.69 Å². The molecule has 0 radical (unpaired) electrons. The van der Waals surface area contributed by atoms with E-state index in [0.717, 1.165) is 29.6 Å². The van der Waals surface area contributed by atoms with Crippen LogP contribution in [0.5, 0.6) is 0 Å². The zero-order valence-corrected chi connectivity index (χ0v) is 11.9. The largest absolute Gasteiger partial charge is 0.385 e. The first-order chi connectivity index (χ1) is 8.15. The van der Waals surface area contributed by atoms with Crippen LogP contribution < -0.4 is 0 Å². The van der Waals surface area contributed by atoms with E-state index in [2.05, 4.69) is 15.9 Å². The maximum Gasteiger partial charge on any atom is 0.177 e. The number of likely N-dealkylation sites (N-methyl/N-ethyl adjacent to an activating group) is 1. The van der Waals surface area contributed by atoms with E-state index in [4.69, 9.17) is 4.74 Å². The molecule has 1 aromatic carbocycles. The first-order valence-corrected chi connectivity index (χ1v) is 6.39. The van der Waals surface area contributed by atoms with Crippen LogP contribution in [0.2, 0.25) is 0 Å². The van der Waals surface area contributed by atoms with Crippen molar-refractivity contribution < 1.29 is 9.53 Å². The highest BCUT2D eigenvalue weighted by atomic mass is 79.9. The summed E-state index contributed by atoms with van der Waals surface area (Å²) < 4.78 is 5.84. The van der Waals surface area contributed by atoms with Gasteiger partial charge in [-0.05, 0) is 19.5 Å². The average Bonchev–Trinajstić information content (AvgIpc) is 2.29. The molecule has 0 bridgehead atoms. The Morgan fingerprint density at radius 3 is 2.76 bits per heavy atom. The maximum absolute atomic E-state index is 12.0. The minimum Gasteiger partial charge on any atom is -0.385 e. The van der Waals surface area contributed by atoms with Crippen LogP contribution >= 0.6 is 15.9 Å². The average molecular weight is 300 g/mol. The zero-order chi connectivity index (χ0) is 12.7. The molecule has 94 valence electrons. The molecule has 0 heterocycles. The molecule has 0 saturated heterocycles. The van der Waals surface area contributed by atoms with Gasteiger partial charge in [-0.25, -0.2) is 0 Å². The van der Waals surface area contributed by atoms with Crippen molar-refractivity contribution >= 4 is 21.7 Å². The molecule has 3 nitrogen and oxygen atoms in total. The third kappa shape index (κ3) is 4.98. The van der Waals surface area contributed by atoms with E-state index in [9.17, 15) is 4.79 Å². The Bertz CT molecular complexity index is 368. The summed E-state index contributed by atoms with van der Waals surface area (Å²) in [5.41, 5.74) is 0.742. The molecular weight excluding hydrogens is 282 g/mol. The van der Waals surface area contributed by atoms with E-state index in [0.29, 0.717) is 6.54 Å². The van der Waals surface area contributed by atoms with Gasteiger partial charge in [0.25, 0.3) is 0 Å². The van der Waals surface area contributed by atoms with E-state index in [1.165, 1.54) is 0 Å². The molecule has 0 atom stereocenters. The van der Waals surface area contributed by atoms with Gasteiger partial charge in [0.1, 0.15) is 0 Å². The highest BCUT2D eigenvalue weighted by Gasteiger charge is 2.11. The minimum atomic E-state index is 0.136. The summed E-state index contributed by atoms with van der Waals surface area (Å²) in [5, 5.41) is 0. The van der Waals surface area contributed by atoms with E-state index in [1.807, 2.05) is 36.2 Å². The van der Waals surface area contributed by atoms with Gasteiger partial charge in [0.15, 0.2) is 5.78 Å². The van der Waals surface area contributed by atoms with Gasteiger partial charge in [-0.15, -0.1) is 0 Å². The van der Waals surface area contributed by atoms with Gasteiger partial charge >= 0.3 is 0 Å². The Morgan fingerprint density at radius 1 is 1.41 bits per heavy atom. The molecule has 0 aromatic heterocycles. The second kappa shape index (κ2) is 7.58. The molecule has 1 aromatic rings. The van der Waals surface area contributed by atoms with Crippen molar-refractivity contribution in [2.45, 2.75) is 6.42 Å². The summed E-state index contributed by atoms with van der Waals surface area (Å²) in [6.07, 6.45) is 0.941. The monoisotopic (exact) mass is 299 g/mol. The first kappa shape index (κ1) is 14.4. The fourth-order valence-electron chi connectivity index (χ4n) is 1.58. The molecule has 0 aliphatic heterocycles. The van der Waals surface area contributed by atoms with Crippen LogP contribution in [-0.4, -0.2) is 44.5 Å². The molecule has 1 rings (SSSR count). The Morgan fingerprint density at radius 2 is 2.12 bits per heavy atom. The number of carbonyl (C=O) groups excluding carboxylic acids is 1. The molecule has 0 aliphatic carbocycles. The molecule has 0 fully saturated rings. The SMILES string of the molecule is COCCCN(C)CC(=O)c1ccccc1Br. The summed E-state index contributed by atoms with van der Waals surface area (Å²) in [6.45, 7) is 2.03. The summed E-state index contributed by atoms with van der Waals surface area (Å²) in [6, 6.07) is 7.51. The molecule has 0 N–H and O–H groups in total. The van der Waals surface area contributed by atoms with E-state index in [1.54, 1.807) is 7.11 Å². The van der Waals surface area contributed by atoms with Crippen LogP contribution in [0.15, 0.2) is 28.7 Å². The number of carbonyl (C=O) groups is 1. The summed E-state index contributed by atoms with van der Waals surface area (Å²) >= 11 is 3.39. The standard InChI is InChI=1S/C13H18BrNO2/c1-15(8-5-9-17-2)10-13(16)11-6-3-4-7-12(11)14/h3-4,6-7H,5,8-10H2,1-2H3. The molecule has 0 unspecified atom stereocenters. The fraction of sp³-hybridized carbons (Fsp3) is 0.462. The summed E-state index contributed by atoms with van der Waals surface area (Å²) in [4.78, 5) is 14.0. The summed E-state index contributed by atoms with van der Waals surface area (Å²) in [5.74, 6) is 0.136. The lowest BCUT2D eigenvalue weighted by atomic mass is 10.1. The molecule has 0 aliphatic rings. The number of rotatable bonds is 7. The fourth-order valence-corrected chi connectivity index (χ4v) is 2.08. The summed E-state index contributed by atoms with van der Waals surface area (Å²) in [7, 11) is 3.64. The van der Waals surface area contributed by atoms with Crippen LogP contribution in [0, 0.1) is 0 Å². The maximum atomic E-state index is 12.0. The first-order valence-electron chi connectivity index (χ1n) is 5.60. The van der Waals surface area contributed by atoms with E-state index in [-0.39, 0.29) is 5.78 Å². The number of Topliss-reactive ketones (excluding diaryl/α,β-unsaturated/α-hetero) is 1. The predicted molar refractivity (Wildman–Crippen MR) is 72.5 cm³/mol. The number of nitrogens with zero attached hydrogens (tertiary/aromatic N) is 1. The van der Waals surface area contributed by atoms with Crippen molar-refractivity contribution in [3.05, 3.63) is 34.3 Å². The van der Waals surface area contributed by atoms with E-state index >= 15 is 0 Å². The molecular formula is C13H18BrNO2. The predicted octanol–water partition coefficient (Wildman–Crippen LogP) is 2.60. The van der Waals surface area contributed by atoms with Crippen molar-refractivity contribution in [3.8, 4) is 0 Å². The smallest absolute Gasteiger partial charge is 0.177 e. The number of ether oxygens (including phenoxy) is 1. The number of hydrogen-bond donors (Lipinski definition) is 0. The Balaban J connectivity index is 2.46. The van der Waals surface area contributed by atoms with Crippen molar-refractivity contribution in [1.29, 1.82) is 0 Å². The minimum absolute atomic E-state index is 0.136. The second-order valence-corrected chi connectivity index (χ2v) is 4.84. The van der Waals surface area contributed by atoms with Crippen LogP contribution in [0.25, 0.3) is 0 Å². The van der Waals surface area contributed by atoms with Gasteiger partial charge in [0, 0.05) is 30.3 Å². The van der Waals surface area contributed by atoms with Crippen molar-refractivity contribution in [3.63, 3.8) is 0 Å². The zero-order valence-electron chi connectivity index (χ0n) is 10.3. The van der Waals surface area contributed by atoms with Gasteiger partial charge in [0.2, 0.25) is 0 Å². The lowest BCUT2D eigenvalue weighted by Crippen LogP contribution is -2.27. The topological polar surface area (TPSA) is 29.5 Å². The lowest BCUT2D eigenvalue weighted by molar-refractivity contribution is 0.0938. The number of benzene rings is 1. The van der Waals surface area contributed by atoms with Crippen LogP contribution in [0.4, 0.5) is 0 Å². The van der Waals surface area contributed by atoms with Gasteiger partial charge < -0.3 is 4.74 Å². The quantitative estimate of drug-likeness (QED) is 0.572. The molecule has 0 spiro atoms. The van der Waals surface area contributed by atoms with Crippen molar-refractivity contribution in [2.24, 2.45) is 0 Å². The Hall–Kier alpha value is -0.710. The molecule has 4 heteroatoms.